The fourth-order valence-corrected chi connectivity index (χ4v) is 3.36. The molecule has 0 bridgehead atoms. The fraction of sp³-hybridized carbons (Fsp3) is 0.857. The lowest BCUT2D eigenvalue weighted by molar-refractivity contribution is -0.143. The third-order valence-electron chi connectivity index (χ3n) is 4.98. The Hall–Kier alpha value is -1.30. The van der Waals surface area contributed by atoms with E-state index in [4.69, 9.17) is 5.11 Å². The summed E-state index contributed by atoms with van der Waals surface area (Å²) < 4.78 is 0. The zero-order valence-corrected chi connectivity index (χ0v) is 11.8. The van der Waals surface area contributed by atoms with Gasteiger partial charge < -0.3 is 15.3 Å². The Morgan fingerprint density at radius 3 is 2.65 bits per heavy atom. The number of carbonyl (C=O) groups excluding carboxylic acids is 1. The summed E-state index contributed by atoms with van der Waals surface area (Å²) in [5.41, 5.74) is -0.680. The summed E-state index contributed by atoms with van der Waals surface area (Å²) in [6, 6.07) is 0.406. The Morgan fingerprint density at radius 1 is 1.20 bits per heavy atom. The molecule has 112 valence electrons. The van der Waals surface area contributed by atoms with Crippen molar-refractivity contribution >= 4 is 12.0 Å². The van der Waals surface area contributed by atoms with E-state index in [9.17, 15) is 9.59 Å². The highest BCUT2D eigenvalue weighted by atomic mass is 16.4. The molecule has 0 aromatic carbocycles. The van der Waals surface area contributed by atoms with Crippen LogP contribution in [0.2, 0.25) is 0 Å². The first-order chi connectivity index (χ1) is 9.61. The number of carboxylic acid groups (broad SMARTS) is 1. The van der Waals surface area contributed by atoms with Gasteiger partial charge in [-0.2, -0.15) is 0 Å². The highest BCUT2D eigenvalue weighted by Gasteiger charge is 2.50. The fourth-order valence-electron chi connectivity index (χ4n) is 3.36. The first kappa shape index (κ1) is 13.7. The Balaban J connectivity index is 1.53. The van der Waals surface area contributed by atoms with Crippen LogP contribution in [0, 0.1) is 5.41 Å². The van der Waals surface area contributed by atoms with E-state index in [0.29, 0.717) is 18.9 Å². The SMILES string of the molecule is O=C(NCC1(C(=O)O)CC1)N1CCCN2CCCC2C1. The number of hydrogen-bond donors (Lipinski definition) is 2. The number of carboxylic acids is 1. The second-order valence-corrected chi connectivity index (χ2v) is 6.38. The number of urea groups is 1. The maximum absolute atomic E-state index is 12.2. The Morgan fingerprint density at radius 2 is 1.95 bits per heavy atom. The third kappa shape index (κ3) is 2.61. The van der Waals surface area contributed by atoms with Crippen LogP contribution in [-0.2, 0) is 4.79 Å². The number of fused-ring (bicyclic) bond motifs is 1. The third-order valence-corrected chi connectivity index (χ3v) is 4.98. The van der Waals surface area contributed by atoms with E-state index in [0.717, 1.165) is 32.6 Å². The number of hydrogen-bond acceptors (Lipinski definition) is 3. The minimum atomic E-state index is -0.782. The topological polar surface area (TPSA) is 72.9 Å². The van der Waals surface area contributed by atoms with Crippen molar-refractivity contribution in [3.05, 3.63) is 0 Å². The smallest absolute Gasteiger partial charge is 0.317 e. The summed E-state index contributed by atoms with van der Waals surface area (Å²) in [4.78, 5) is 27.7. The van der Waals surface area contributed by atoms with Crippen LogP contribution in [0.25, 0.3) is 0 Å². The van der Waals surface area contributed by atoms with Crippen molar-refractivity contribution in [2.75, 3.05) is 32.7 Å². The first-order valence-corrected chi connectivity index (χ1v) is 7.61. The van der Waals surface area contributed by atoms with Gasteiger partial charge in [-0.25, -0.2) is 4.79 Å². The van der Waals surface area contributed by atoms with E-state index in [1.807, 2.05) is 4.90 Å². The van der Waals surface area contributed by atoms with Gasteiger partial charge in [0.25, 0.3) is 0 Å². The summed E-state index contributed by atoms with van der Waals surface area (Å²) >= 11 is 0. The van der Waals surface area contributed by atoms with Gasteiger partial charge in [0, 0.05) is 32.2 Å². The van der Waals surface area contributed by atoms with Gasteiger partial charge in [-0.1, -0.05) is 0 Å². The summed E-state index contributed by atoms with van der Waals surface area (Å²) in [5, 5.41) is 12.0. The highest BCUT2D eigenvalue weighted by molar-refractivity contribution is 5.80. The standard InChI is InChI=1S/C14H23N3O3/c18-12(19)14(4-5-14)10-15-13(20)17-8-2-7-16-6-1-3-11(16)9-17/h11H,1-10H2,(H,15,20)(H,18,19). The summed E-state index contributed by atoms with van der Waals surface area (Å²) in [5.74, 6) is -0.782. The lowest BCUT2D eigenvalue weighted by atomic mass is 10.1. The summed E-state index contributed by atoms with van der Waals surface area (Å²) in [6.45, 7) is 4.06. The van der Waals surface area contributed by atoms with Gasteiger partial charge in [0.2, 0.25) is 0 Å². The molecule has 6 heteroatoms. The van der Waals surface area contributed by atoms with Gasteiger partial charge in [-0.05, 0) is 38.6 Å². The minimum Gasteiger partial charge on any atom is -0.481 e. The Labute approximate surface area is 119 Å². The number of nitrogens with one attached hydrogen (secondary N) is 1. The number of rotatable bonds is 3. The summed E-state index contributed by atoms with van der Waals surface area (Å²) in [7, 11) is 0. The maximum atomic E-state index is 12.2. The van der Waals surface area contributed by atoms with Crippen LogP contribution < -0.4 is 5.32 Å². The van der Waals surface area contributed by atoms with E-state index >= 15 is 0 Å². The van der Waals surface area contributed by atoms with Crippen molar-refractivity contribution in [3.63, 3.8) is 0 Å². The van der Waals surface area contributed by atoms with E-state index in [2.05, 4.69) is 10.2 Å². The molecule has 3 fully saturated rings. The first-order valence-electron chi connectivity index (χ1n) is 7.61. The van der Waals surface area contributed by atoms with Gasteiger partial charge >= 0.3 is 12.0 Å². The van der Waals surface area contributed by atoms with Crippen molar-refractivity contribution in [3.8, 4) is 0 Å². The molecule has 0 spiro atoms. The minimum absolute atomic E-state index is 0.0914. The molecule has 1 unspecified atom stereocenters. The molecule has 2 aliphatic heterocycles. The number of aliphatic carboxylic acids is 1. The van der Waals surface area contributed by atoms with Crippen molar-refractivity contribution in [1.29, 1.82) is 0 Å². The maximum Gasteiger partial charge on any atom is 0.317 e. The Kier molecular flexibility index (Phi) is 3.58. The molecule has 6 nitrogen and oxygen atoms in total. The van der Waals surface area contributed by atoms with Gasteiger partial charge in [0.15, 0.2) is 0 Å². The lowest BCUT2D eigenvalue weighted by Crippen LogP contribution is -2.46. The molecule has 1 saturated carbocycles. The van der Waals surface area contributed by atoms with E-state index in [-0.39, 0.29) is 12.6 Å². The van der Waals surface area contributed by atoms with Crippen molar-refractivity contribution < 1.29 is 14.7 Å². The molecule has 0 aromatic heterocycles. The van der Waals surface area contributed by atoms with Crippen LogP contribution >= 0.6 is 0 Å². The molecule has 2 amide bonds. The normalized spacial score (nSPS) is 28.6. The van der Waals surface area contributed by atoms with Crippen molar-refractivity contribution in [2.45, 2.75) is 38.1 Å². The molecule has 0 radical (unpaired) electrons. The molecule has 1 aliphatic carbocycles. The van der Waals surface area contributed by atoms with E-state index in [1.54, 1.807) is 0 Å². The Bertz CT molecular complexity index is 408. The van der Waals surface area contributed by atoms with Gasteiger partial charge in [-0.3, -0.25) is 9.69 Å². The van der Waals surface area contributed by atoms with Crippen LogP contribution in [0.4, 0.5) is 4.79 Å². The second-order valence-electron chi connectivity index (χ2n) is 6.38. The average molecular weight is 281 g/mol. The van der Waals surface area contributed by atoms with Crippen LogP contribution in [0.1, 0.15) is 32.1 Å². The lowest BCUT2D eigenvalue weighted by Gasteiger charge is -2.26. The number of amides is 2. The van der Waals surface area contributed by atoms with E-state index in [1.165, 1.54) is 12.8 Å². The molecule has 3 rings (SSSR count). The van der Waals surface area contributed by atoms with Crippen LogP contribution in [0.15, 0.2) is 0 Å². The summed E-state index contributed by atoms with van der Waals surface area (Å²) in [6.07, 6.45) is 4.76. The molecule has 1 atom stereocenters. The second kappa shape index (κ2) is 5.24. The molecular weight excluding hydrogens is 258 g/mol. The largest absolute Gasteiger partial charge is 0.481 e. The molecule has 2 N–H and O–H groups in total. The zero-order valence-electron chi connectivity index (χ0n) is 11.8. The van der Waals surface area contributed by atoms with Crippen molar-refractivity contribution in [1.82, 2.24) is 15.1 Å². The van der Waals surface area contributed by atoms with Gasteiger partial charge in [-0.15, -0.1) is 0 Å². The van der Waals surface area contributed by atoms with E-state index < -0.39 is 11.4 Å². The molecule has 20 heavy (non-hydrogen) atoms. The predicted octanol–water partition coefficient (Wildman–Crippen LogP) is 0.731. The quantitative estimate of drug-likeness (QED) is 0.800. The van der Waals surface area contributed by atoms with Gasteiger partial charge in [0.1, 0.15) is 0 Å². The highest BCUT2D eigenvalue weighted by Crippen LogP contribution is 2.45. The average Bonchev–Trinajstić information content (AvgIpc) is 3.15. The number of nitrogens with zero attached hydrogens (tertiary/aromatic N) is 2. The number of carbonyl (C=O) groups is 2. The molecule has 2 heterocycles. The zero-order chi connectivity index (χ0) is 14.2. The predicted molar refractivity (Wildman–Crippen MR) is 73.5 cm³/mol. The molecular formula is C14H23N3O3. The molecule has 2 saturated heterocycles. The van der Waals surface area contributed by atoms with Crippen LogP contribution in [0.5, 0.6) is 0 Å². The van der Waals surface area contributed by atoms with Crippen LogP contribution in [0.3, 0.4) is 0 Å². The molecule has 0 aromatic rings. The van der Waals surface area contributed by atoms with Crippen LogP contribution in [-0.4, -0.2) is 65.7 Å². The van der Waals surface area contributed by atoms with Crippen molar-refractivity contribution in [2.24, 2.45) is 5.41 Å². The van der Waals surface area contributed by atoms with Gasteiger partial charge in [0.05, 0.1) is 5.41 Å². The monoisotopic (exact) mass is 281 g/mol. The molecule has 3 aliphatic rings.